The Kier molecular flexibility index (Phi) is 6.21. The molecule has 0 spiro atoms. The lowest BCUT2D eigenvalue weighted by atomic mass is 10.0. The molecule has 0 aliphatic carbocycles. The monoisotopic (exact) mass is 292 g/mol. The van der Waals surface area contributed by atoms with Crippen LogP contribution in [0.2, 0.25) is 0 Å². The summed E-state index contributed by atoms with van der Waals surface area (Å²) in [6.07, 6.45) is 0.708. The summed E-state index contributed by atoms with van der Waals surface area (Å²) in [7, 11) is 0. The maximum atomic E-state index is 12.3. The van der Waals surface area contributed by atoms with Crippen LogP contribution in [0.1, 0.15) is 44.4 Å². The van der Waals surface area contributed by atoms with Crippen molar-refractivity contribution in [2.75, 3.05) is 6.54 Å². The third kappa shape index (κ3) is 4.77. The molecule has 1 rings (SSSR count). The molecular weight excluding hydrogens is 268 g/mol. The first-order chi connectivity index (χ1) is 9.86. The van der Waals surface area contributed by atoms with E-state index in [1.807, 2.05) is 52.0 Å². The van der Waals surface area contributed by atoms with E-state index in [1.54, 1.807) is 0 Å². The highest BCUT2D eigenvalue weighted by atomic mass is 16.4. The van der Waals surface area contributed by atoms with Crippen LogP contribution in [-0.4, -0.2) is 34.6 Å². The second-order valence-electron chi connectivity index (χ2n) is 5.31. The molecule has 2 amide bonds. The van der Waals surface area contributed by atoms with Gasteiger partial charge in [-0.1, -0.05) is 31.2 Å². The molecule has 0 bridgehead atoms. The van der Waals surface area contributed by atoms with Crippen molar-refractivity contribution in [3.05, 3.63) is 35.4 Å². The zero-order valence-electron chi connectivity index (χ0n) is 13.1. The first-order valence-electron chi connectivity index (χ1n) is 7.21. The number of carbonyl (C=O) groups is 2. The number of benzene rings is 1. The number of carbonyl (C=O) groups excluding carboxylic acids is 1. The number of rotatable bonds is 6. The molecule has 116 valence electrons. The molecule has 2 atom stereocenters. The summed E-state index contributed by atoms with van der Waals surface area (Å²) >= 11 is 0. The largest absolute Gasteiger partial charge is 0.480 e. The molecule has 2 N–H and O–H groups in total. The summed E-state index contributed by atoms with van der Waals surface area (Å²) in [5.74, 6) is -1.01. The Bertz CT molecular complexity index is 502. The minimum Gasteiger partial charge on any atom is -0.480 e. The average Bonchev–Trinajstić information content (AvgIpc) is 2.43. The molecule has 0 radical (unpaired) electrons. The van der Waals surface area contributed by atoms with Crippen molar-refractivity contribution in [2.45, 2.75) is 46.2 Å². The van der Waals surface area contributed by atoms with E-state index < -0.39 is 5.97 Å². The molecule has 0 saturated carbocycles. The molecule has 5 nitrogen and oxygen atoms in total. The predicted molar refractivity (Wildman–Crippen MR) is 82.2 cm³/mol. The fourth-order valence-corrected chi connectivity index (χ4v) is 2.21. The Morgan fingerprint density at radius 2 is 1.90 bits per heavy atom. The van der Waals surface area contributed by atoms with Gasteiger partial charge in [0.25, 0.3) is 0 Å². The van der Waals surface area contributed by atoms with Crippen molar-refractivity contribution in [2.24, 2.45) is 0 Å². The highest BCUT2D eigenvalue weighted by Gasteiger charge is 2.23. The molecule has 1 aromatic carbocycles. The molecule has 1 aromatic rings. The summed E-state index contributed by atoms with van der Waals surface area (Å²) in [6.45, 7) is 7.37. The van der Waals surface area contributed by atoms with E-state index in [4.69, 9.17) is 5.11 Å². The standard InChI is InChI=1S/C16H24N2O3/c1-5-12(3)18(10-15(19)20)16(21)17-13(4)14-9-7-6-8-11(14)2/h6-9,12-13H,5,10H2,1-4H3,(H,17,21)(H,19,20). The lowest BCUT2D eigenvalue weighted by molar-refractivity contribution is -0.138. The number of carboxylic acid groups (broad SMARTS) is 1. The molecule has 5 heteroatoms. The number of hydrogen-bond acceptors (Lipinski definition) is 2. The van der Waals surface area contributed by atoms with Gasteiger partial charge in [-0.15, -0.1) is 0 Å². The van der Waals surface area contributed by atoms with E-state index >= 15 is 0 Å². The Balaban J connectivity index is 2.81. The smallest absolute Gasteiger partial charge is 0.323 e. The molecule has 2 unspecified atom stereocenters. The topological polar surface area (TPSA) is 69.6 Å². The fourth-order valence-electron chi connectivity index (χ4n) is 2.21. The second kappa shape index (κ2) is 7.67. The normalized spacial score (nSPS) is 13.3. The maximum absolute atomic E-state index is 12.3. The Morgan fingerprint density at radius 3 is 2.43 bits per heavy atom. The number of urea groups is 1. The quantitative estimate of drug-likeness (QED) is 0.847. The Morgan fingerprint density at radius 1 is 1.29 bits per heavy atom. The Hall–Kier alpha value is -2.04. The van der Waals surface area contributed by atoms with Crippen LogP contribution in [0.5, 0.6) is 0 Å². The third-order valence-electron chi connectivity index (χ3n) is 3.68. The summed E-state index contributed by atoms with van der Waals surface area (Å²) in [5.41, 5.74) is 2.13. The van der Waals surface area contributed by atoms with Gasteiger partial charge in [-0.25, -0.2) is 4.79 Å². The van der Waals surface area contributed by atoms with Gasteiger partial charge in [-0.2, -0.15) is 0 Å². The van der Waals surface area contributed by atoms with E-state index in [1.165, 1.54) is 4.90 Å². The van der Waals surface area contributed by atoms with E-state index in [0.717, 1.165) is 11.1 Å². The van der Waals surface area contributed by atoms with Gasteiger partial charge in [0.1, 0.15) is 6.54 Å². The highest BCUT2D eigenvalue weighted by molar-refractivity contribution is 5.80. The van der Waals surface area contributed by atoms with Crippen LogP contribution < -0.4 is 5.32 Å². The molecular formula is C16H24N2O3. The maximum Gasteiger partial charge on any atom is 0.323 e. The van der Waals surface area contributed by atoms with Crippen LogP contribution in [0.15, 0.2) is 24.3 Å². The van der Waals surface area contributed by atoms with Gasteiger partial charge in [-0.05, 0) is 38.3 Å². The fraction of sp³-hybridized carbons (Fsp3) is 0.500. The third-order valence-corrected chi connectivity index (χ3v) is 3.68. The molecule has 0 fully saturated rings. The highest BCUT2D eigenvalue weighted by Crippen LogP contribution is 2.17. The number of nitrogens with one attached hydrogen (secondary N) is 1. The molecule has 0 aliphatic heterocycles. The van der Waals surface area contributed by atoms with Crippen molar-refractivity contribution in [3.8, 4) is 0 Å². The van der Waals surface area contributed by atoms with E-state index in [2.05, 4.69) is 5.32 Å². The van der Waals surface area contributed by atoms with Gasteiger partial charge in [0.05, 0.1) is 6.04 Å². The molecule has 0 saturated heterocycles. The van der Waals surface area contributed by atoms with Crippen molar-refractivity contribution < 1.29 is 14.7 Å². The second-order valence-corrected chi connectivity index (χ2v) is 5.31. The van der Waals surface area contributed by atoms with E-state index in [0.29, 0.717) is 6.42 Å². The first-order valence-corrected chi connectivity index (χ1v) is 7.21. The van der Waals surface area contributed by atoms with Crippen molar-refractivity contribution in [3.63, 3.8) is 0 Å². The zero-order valence-corrected chi connectivity index (χ0v) is 13.1. The van der Waals surface area contributed by atoms with Crippen LogP contribution in [-0.2, 0) is 4.79 Å². The number of aliphatic carboxylic acids is 1. The summed E-state index contributed by atoms with van der Waals surface area (Å²) in [6, 6.07) is 7.19. The van der Waals surface area contributed by atoms with Crippen LogP contribution in [0.3, 0.4) is 0 Å². The van der Waals surface area contributed by atoms with Gasteiger partial charge in [-0.3, -0.25) is 4.79 Å². The number of hydrogen-bond donors (Lipinski definition) is 2. The number of nitrogens with zero attached hydrogens (tertiary/aromatic N) is 1. The van der Waals surface area contributed by atoms with Gasteiger partial charge in [0.15, 0.2) is 0 Å². The summed E-state index contributed by atoms with van der Waals surface area (Å²) < 4.78 is 0. The zero-order chi connectivity index (χ0) is 16.0. The SMILES string of the molecule is CCC(C)N(CC(=O)O)C(=O)NC(C)c1ccccc1C. The lowest BCUT2D eigenvalue weighted by Crippen LogP contribution is -2.47. The van der Waals surface area contributed by atoms with E-state index in [-0.39, 0.29) is 24.7 Å². The van der Waals surface area contributed by atoms with Crippen molar-refractivity contribution in [1.82, 2.24) is 10.2 Å². The van der Waals surface area contributed by atoms with Crippen LogP contribution >= 0.6 is 0 Å². The molecule has 21 heavy (non-hydrogen) atoms. The van der Waals surface area contributed by atoms with Crippen molar-refractivity contribution in [1.29, 1.82) is 0 Å². The first kappa shape index (κ1) is 17.0. The van der Waals surface area contributed by atoms with Gasteiger partial charge in [0, 0.05) is 6.04 Å². The van der Waals surface area contributed by atoms with Gasteiger partial charge in [0.2, 0.25) is 0 Å². The number of carboxylic acids is 1. The molecule has 0 aliphatic rings. The Labute approximate surface area is 126 Å². The minimum atomic E-state index is -1.01. The molecule has 0 heterocycles. The predicted octanol–water partition coefficient (Wildman–Crippen LogP) is 2.95. The lowest BCUT2D eigenvalue weighted by Gasteiger charge is -2.29. The van der Waals surface area contributed by atoms with Gasteiger partial charge >= 0.3 is 12.0 Å². The minimum absolute atomic E-state index is 0.120. The molecule has 0 aromatic heterocycles. The average molecular weight is 292 g/mol. The van der Waals surface area contributed by atoms with Gasteiger partial charge < -0.3 is 15.3 Å². The van der Waals surface area contributed by atoms with Crippen LogP contribution in [0.4, 0.5) is 4.79 Å². The van der Waals surface area contributed by atoms with Crippen LogP contribution in [0.25, 0.3) is 0 Å². The van der Waals surface area contributed by atoms with Crippen molar-refractivity contribution >= 4 is 12.0 Å². The summed E-state index contributed by atoms with van der Waals surface area (Å²) in [4.78, 5) is 24.6. The number of aryl methyl sites for hydroxylation is 1. The van der Waals surface area contributed by atoms with E-state index in [9.17, 15) is 9.59 Å². The van der Waals surface area contributed by atoms with Crippen LogP contribution in [0, 0.1) is 6.92 Å². The summed E-state index contributed by atoms with van der Waals surface area (Å²) in [5, 5.41) is 11.8. The number of amides is 2.